The van der Waals surface area contributed by atoms with Gasteiger partial charge in [-0.25, -0.2) is 0 Å². The molecular weight excluding hydrogens is 434 g/mol. The zero-order valence-corrected chi connectivity index (χ0v) is 20.1. The lowest BCUT2D eigenvalue weighted by molar-refractivity contribution is -0.127. The van der Waals surface area contributed by atoms with Crippen LogP contribution in [0.5, 0.6) is 0 Å². The van der Waals surface area contributed by atoms with Crippen molar-refractivity contribution in [2.45, 2.75) is 31.6 Å². The first kappa shape index (κ1) is 23.3. The maximum atomic E-state index is 12.8. The zero-order valence-electron chi connectivity index (χ0n) is 19.3. The topological polar surface area (TPSA) is 63.5 Å². The van der Waals surface area contributed by atoms with Crippen LogP contribution in [0.4, 0.5) is 5.95 Å². The summed E-state index contributed by atoms with van der Waals surface area (Å²) < 4.78 is 7.61. The maximum absolute atomic E-state index is 12.8. The molecule has 2 heterocycles. The Morgan fingerprint density at radius 1 is 1.00 bits per heavy atom. The first-order valence-electron chi connectivity index (χ1n) is 11.4. The number of aryl methyl sites for hydroxylation is 1. The van der Waals surface area contributed by atoms with E-state index in [9.17, 15) is 4.79 Å². The van der Waals surface area contributed by atoms with E-state index in [1.165, 1.54) is 22.9 Å². The first-order valence-corrected chi connectivity index (χ1v) is 12.4. The molecule has 33 heavy (non-hydrogen) atoms. The van der Waals surface area contributed by atoms with E-state index in [0.29, 0.717) is 32.1 Å². The van der Waals surface area contributed by atoms with Gasteiger partial charge in [0.25, 0.3) is 0 Å². The van der Waals surface area contributed by atoms with Gasteiger partial charge in [-0.2, -0.15) is 0 Å². The van der Waals surface area contributed by atoms with Gasteiger partial charge in [-0.3, -0.25) is 9.36 Å². The summed E-state index contributed by atoms with van der Waals surface area (Å²) in [5, 5.41) is 9.68. The third-order valence-electron chi connectivity index (χ3n) is 5.78. The van der Waals surface area contributed by atoms with E-state index in [4.69, 9.17) is 4.74 Å². The Balaban J connectivity index is 1.43. The predicted molar refractivity (Wildman–Crippen MR) is 132 cm³/mol. The molecule has 2 aromatic carbocycles. The Morgan fingerprint density at radius 2 is 1.70 bits per heavy atom. The summed E-state index contributed by atoms with van der Waals surface area (Å²) in [6.45, 7) is 6.34. The van der Waals surface area contributed by atoms with E-state index in [1.54, 1.807) is 4.90 Å². The average molecular weight is 466 g/mol. The Hall–Kier alpha value is -2.84. The van der Waals surface area contributed by atoms with Crippen molar-refractivity contribution in [1.82, 2.24) is 19.7 Å². The molecule has 0 bridgehead atoms. The summed E-state index contributed by atoms with van der Waals surface area (Å²) in [7, 11) is 1.85. The smallest absolute Gasteiger partial charge is 0.233 e. The van der Waals surface area contributed by atoms with Gasteiger partial charge in [-0.05, 0) is 23.1 Å². The summed E-state index contributed by atoms with van der Waals surface area (Å²) in [4.78, 5) is 16.8. The fourth-order valence-electron chi connectivity index (χ4n) is 3.77. The summed E-state index contributed by atoms with van der Waals surface area (Å²) in [6.07, 6.45) is 1.02. The third kappa shape index (κ3) is 6.15. The fourth-order valence-corrected chi connectivity index (χ4v) is 4.64. The van der Waals surface area contributed by atoms with Crippen LogP contribution in [0, 0.1) is 0 Å². The number of anilines is 1. The van der Waals surface area contributed by atoms with Crippen molar-refractivity contribution in [2.24, 2.45) is 0 Å². The highest BCUT2D eigenvalue weighted by atomic mass is 32.2. The number of aromatic nitrogens is 3. The SMILES string of the molecule is CCc1ccc(CN(C)C(=O)CSc2nnc(N3CCOCC3)n2Cc2ccccc2)cc1. The van der Waals surface area contributed by atoms with Crippen LogP contribution in [0.25, 0.3) is 0 Å². The number of hydrogen-bond donors (Lipinski definition) is 0. The van der Waals surface area contributed by atoms with E-state index in [1.807, 2.05) is 25.2 Å². The van der Waals surface area contributed by atoms with Crippen LogP contribution in [0.1, 0.15) is 23.6 Å². The Kier molecular flexibility index (Phi) is 8.01. The molecule has 0 unspecified atom stereocenters. The standard InChI is InChI=1S/C25H31N5O2S/c1-3-20-9-11-22(12-10-20)17-28(2)23(31)19-33-25-27-26-24(29-13-15-32-16-14-29)30(25)18-21-7-5-4-6-8-21/h4-12H,3,13-19H2,1-2H3. The summed E-state index contributed by atoms with van der Waals surface area (Å²) in [6, 6.07) is 18.7. The van der Waals surface area contributed by atoms with Gasteiger partial charge in [-0.15, -0.1) is 10.2 Å². The van der Waals surface area contributed by atoms with Crippen molar-refractivity contribution in [1.29, 1.82) is 0 Å². The minimum Gasteiger partial charge on any atom is -0.378 e. The number of nitrogens with zero attached hydrogens (tertiary/aromatic N) is 5. The monoisotopic (exact) mass is 465 g/mol. The van der Waals surface area contributed by atoms with E-state index < -0.39 is 0 Å². The molecule has 1 aliphatic heterocycles. The number of morpholine rings is 1. The normalized spacial score (nSPS) is 13.8. The van der Waals surface area contributed by atoms with Gasteiger partial charge >= 0.3 is 0 Å². The van der Waals surface area contributed by atoms with E-state index >= 15 is 0 Å². The number of carbonyl (C=O) groups excluding carboxylic acids is 1. The summed E-state index contributed by atoms with van der Waals surface area (Å²) >= 11 is 1.44. The van der Waals surface area contributed by atoms with Crippen LogP contribution in [0.15, 0.2) is 59.8 Å². The van der Waals surface area contributed by atoms with Crippen LogP contribution in [0.2, 0.25) is 0 Å². The molecule has 8 heteroatoms. The molecule has 1 amide bonds. The second kappa shape index (κ2) is 11.3. The Bertz CT molecular complexity index is 1030. The number of rotatable bonds is 9. The molecule has 174 valence electrons. The van der Waals surface area contributed by atoms with Crippen molar-refractivity contribution in [2.75, 3.05) is 44.0 Å². The van der Waals surface area contributed by atoms with Gasteiger partial charge in [0, 0.05) is 26.7 Å². The molecule has 3 aromatic rings. The number of thioether (sulfide) groups is 1. The second-order valence-electron chi connectivity index (χ2n) is 8.16. The molecule has 1 aromatic heterocycles. The molecule has 0 radical (unpaired) electrons. The van der Waals surface area contributed by atoms with Crippen molar-refractivity contribution in [3.63, 3.8) is 0 Å². The average Bonchev–Trinajstić information content (AvgIpc) is 3.26. The molecule has 1 saturated heterocycles. The highest BCUT2D eigenvalue weighted by Gasteiger charge is 2.22. The third-order valence-corrected chi connectivity index (χ3v) is 6.73. The molecule has 1 fully saturated rings. The summed E-state index contributed by atoms with van der Waals surface area (Å²) in [5.74, 6) is 1.22. The second-order valence-corrected chi connectivity index (χ2v) is 9.10. The molecule has 4 rings (SSSR count). The van der Waals surface area contributed by atoms with Gasteiger partial charge < -0.3 is 14.5 Å². The Morgan fingerprint density at radius 3 is 2.39 bits per heavy atom. The molecule has 1 aliphatic rings. The number of hydrogen-bond acceptors (Lipinski definition) is 6. The van der Waals surface area contributed by atoms with Crippen LogP contribution < -0.4 is 4.90 Å². The van der Waals surface area contributed by atoms with Crippen LogP contribution >= 0.6 is 11.8 Å². The number of ether oxygens (including phenoxy) is 1. The summed E-state index contributed by atoms with van der Waals surface area (Å²) in [5.41, 5.74) is 3.61. The van der Waals surface area contributed by atoms with Gasteiger partial charge in [0.1, 0.15) is 0 Å². The predicted octanol–water partition coefficient (Wildman–Crippen LogP) is 3.48. The van der Waals surface area contributed by atoms with Crippen molar-refractivity contribution in [3.05, 3.63) is 71.3 Å². The lowest BCUT2D eigenvalue weighted by atomic mass is 10.1. The van der Waals surface area contributed by atoms with Crippen molar-refractivity contribution in [3.8, 4) is 0 Å². The van der Waals surface area contributed by atoms with Crippen LogP contribution in [0.3, 0.4) is 0 Å². The van der Waals surface area contributed by atoms with E-state index in [2.05, 4.69) is 63.0 Å². The number of benzene rings is 2. The quantitative estimate of drug-likeness (QED) is 0.451. The van der Waals surface area contributed by atoms with Gasteiger partial charge in [0.05, 0.1) is 25.5 Å². The highest BCUT2D eigenvalue weighted by molar-refractivity contribution is 7.99. The number of amides is 1. The largest absolute Gasteiger partial charge is 0.378 e. The lowest BCUT2D eigenvalue weighted by Gasteiger charge is -2.28. The molecule has 7 nitrogen and oxygen atoms in total. The van der Waals surface area contributed by atoms with E-state index in [0.717, 1.165) is 36.2 Å². The minimum absolute atomic E-state index is 0.0711. The number of carbonyl (C=O) groups is 1. The van der Waals surface area contributed by atoms with Crippen molar-refractivity contribution >= 4 is 23.6 Å². The van der Waals surface area contributed by atoms with Crippen LogP contribution in [-0.2, 0) is 29.0 Å². The molecule has 0 aliphatic carbocycles. The van der Waals surface area contributed by atoms with E-state index in [-0.39, 0.29) is 5.91 Å². The molecule has 0 N–H and O–H groups in total. The Labute approximate surface area is 199 Å². The fraction of sp³-hybridized carbons (Fsp3) is 0.400. The first-order chi connectivity index (χ1) is 16.1. The molecule has 0 atom stereocenters. The molecular formula is C25H31N5O2S. The minimum atomic E-state index is 0.0711. The zero-order chi connectivity index (χ0) is 23.0. The van der Waals surface area contributed by atoms with Crippen LogP contribution in [-0.4, -0.2) is 64.7 Å². The maximum Gasteiger partial charge on any atom is 0.233 e. The molecule has 0 spiro atoms. The lowest BCUT2D eigenvalue weighted by Crippen LogP contribution is -2.38. The van der Waals surface area contributed by atoms with Gasteiger partial charge in [-0.1, -0.05) is 73.3 Å². The van der Waals surface area contributed by atoms with Gasteiger partial charge in [0.15, 0.2) is 5.16 Å². The molecule has 0 saturated carbocycles. The van der Waals surface area contributed by atoms with Gasteiger partial charge in [0.2, 0.25) is 11.9 Å². The highest BCUT2D eigenvalue weighted by Crippen LogP contribution is 2.24. The van der Waals surface area contributed by atoms with Crippen molar-refractivity contribution < 1.29 is 9.53 Å².